The summed E-state index contributed by atoms with van der Waals surface area (Å²) >= 11 is 3.50. The molecular weight excluding hydrogens is 394 g/mol. The summed E-state index contributed by atoms with van der Waals surface area (Å²) in [4.78, 5) is 34.6. The smallest absolute Gasteiger partial charge is 0.258 e. The minimum Gasteiger partial charge on any atom is -0.310 e. The van der Waals surface area contributed by atoms with Crippen LogP contribution in [0.25, 0.3) is 10.9 Å². The number of hydrogen-bond acceptors (Lipinski definition) is 3. The molecule has 6 heteroatoms. The SMILES string of the molecule is CC(C)N1C(=O)[C@@H](Cc2nc3ccccc3c(=O)[nH]2)c2cc(Br)ccc21. The van der Waals surface area contributed by atoms with Crippen LogP contribution in [0.15, 0.2) is 51.7 Å². The number of benzene rings is 2. The molecule has 0 radical (unpaired) electrons. The van der Waals surface area contributed by atoms with E-state index in [4.69, 9.17) is 0 Å². The van der Waals surface area contributed by atoms with Crippen molar-refractivity contribution in [1.82, 2.24) is 9.97 Å². The van der Waals surface area contributed by atoms with Crippen LogP contribution in [0.3, 0.4) is 0 Å². The number of rotatable bonds is 3. The first-order valence-electron chi connectivity index (χ1n) is 8.56. The maximum Gasteiger partial charge on any atom is 0.258 e. The standard InChI is InChI=1S/C20H18BrN3O2/c1-11(2)24-17-8-7-12(21)9-14(17)15(20(24)26)10-18-22-16-6-4-3-5-13(16)19(25)23-18/h3-9,11,15H,10H2,1-2H3,(H,22,23,25)/t15-/m0/s1. The fourth-order valence-electron chi connectivity index (χ4n) is 3.60. The lowest BCUT2D eigenvalue weighted by Crippen LogP contribution is -2.35. The zero-order chi connectivity index (χ0) is 18.4. The molecule has 1 atom stereocenters. The molecule has 0 bridgehead atoms. The van der Waals surface area contributed by atoms with Crippen LogP contribution in [0.4, 0.5) is 5.69 Å². The molecule has 5 nitrogen and oxygen atoms in total. The van der Waals surface area contributed by atoms with E-state index in [9.17, 15) is 9.59 Å². The lowest BCUT2D eigenvalue weighted by atomic mass is 9.97. The largest absolute Gasteiger partial charge is 0.310 e. The first kappa shape index (κ1) is 17.0. The first-order chi connectivity index (χ1) is 12.5. The number of carbonyl (C=O) groups excluding carboxylic acids is 1. The Hall–Kier alpha value is -2.47. The van der Waals surface area contributed by atoms with Crippen LogP contribution < -0.4 is 10.5 Å². The Morgan fingerprint density at radius 3 is 2.73 bits per heavy atom. The highest BCUT2D eigenvalue weighted by Crippen LogP contribution is 2.41. The van der Waals surface area contributed by atoms with Gasteiger partial charge in [0.25, 0.3) is 5.56 Å². The molecular formula is C20H18BrN3O2. The van der Waals surface area contributed by atoms with E-state index in [-0.39, 0.29) is 23.4 Å². The van der Waals surface area contributed by atoms with E-state index in [1.54, 1.807) is 6.07 Å². The second-order valence-electron chi connectivity index (χ2n) is 6.79. The fourth-order valence-corrected chi connectivity index (χ4v) is 3.98. The topological polar surface area (TPSA) is 66.1 Å². The van der Waals surface area contributed by atoms with Crippen LogP contribution in [-0.4, -0.2) is 21.9 Å². The number of carbonyl (C=O) groups is 1. The van der Waals surface area contributed by atoms with Crippen LogP contribution in [0.1, 0.15) is 31.2 Å². The molecule has 0 spiro atoms. The molecule has 1 amide bonds. The molecule has 0 fully saturated rings. The monoisotopic (exact) mass is 411 g/mol. The van der Waals surface area contributed by atoms with Crippen LogP contribution in [0.5, 0.6) is 0 Å². The molecule has 0 aliphatic carbocycles. The third-order valence-corrected chi connectivity index (χ3v) is 5.23. The number of hydrogen-bond donors (Lipinski definition) is 1. The van der Waals surface area contributed by atoms with Gasteiger partial charge in [-0.15, -0.1) is 0 Å². The number of fused-ring (bicyclic) bond motifs is 2. The van der Waals surface area contributed by atoms with Crippen LogP contribution in [-0.2, 0) is 11.2 Å². The third kappa shape index (κ3) is 2.74. The molecule has 0 saturated heterocycles. The number of halogens is 1. The Morgan fingerprint density at radius 2 is 1.96 bits per heavy atom. The van der Waals surface area contributed by atoms with Crippen LogP contribution in [0, 0.1) is 0 Å². The minimum absolute atomic E-state index is 0.0453. The molecule has 1 N–H and O–H groups in total. The zero-order valence-electron chi connectivity index (χ0n) is 14.5. The predicted octanol–water partition coefficient (Wildman–Crippen LogP) is 3.77. The second-order valence-corrected chi connectivity index (χ2v) is 7.71. The number of nitrogens with zero attached hydrogens (tertiary/aromatic N) is 2. The molecule has 132 valence electrons. The third-order valence-electron chi connectivity index (χ3n) is 4.74. The highest BCUT2D eigenvalue weighted by molar-refractivity contribution is 9.10. The molecule has 2 aromatic carbocycles. The second kappa shape index (κ2) is 6.36. The number of aromatic nitrogens is 2. The lowest BCUT2D eigenvalue weighted by molar-refractivity contribution is -0.119. The van der Waals surface area contributed by atoms with Crippen molar-refractivity contribution in [3.05, 3.63) is 68.7 Å². The summed E-state index contributed by atoms with van der Waals surface area (Å²) in [6.07, 6.45) is 0.367. The van der Waals surface area contributed by atoms with E-state index in [1.165, 1.54) is 0 Å². The van der Waals surface area contributed by atoms with Gasteiger partial charge in [0.1, 0.15) is 5.82 Å². The minimum atomic E-state index is -0.353. The summed E-state index contributed by atoms with van der Waals surface area (Å²) in [5.41, 5.74) is 2.37. The molecule has 1 aliphatic heterocycles. The van der Waals surface area contributed by atoms with Gasteiger partial charge in [0, 0.05) is 22.6 Å². The van der Waals surface area contributed by atoms with Crippen molar-refractivity contribution in [2.45, 2.75) is 32.2 Å². The average Bonchev–Trinajstić information content (AvgIpc) is 2.87. The molecule has 1 aromatic heterocycles. The first-order valence-corrected chi connectivity index (χ1v) is 9.35. The van der Waals surface area contributed by atoms with E-state index in [0.29, 0.717) is 23.1 Å². The summed E-state index contributed by atoms with van der Waals surface area (Å²) in [5.74, 6) is 0.224. The molecule has 1 aliphatic rings. The van der Waals surface area contributed by atoms with E-state index in [1.807, 2.05) is 55.1 Å². The van der Waals surface area contributed by atoms with E-state index in [2.05, 4.69) is 25.9 Å². The Morgan fingerprint density at radius 1 is 1.19 bits per heavy atom. The molecule has 2 heterocycles. The van der Waals surface area contributed by atoms with Gasteiger partial charge in [-0.3, -0.25) is 9.59 Å². The maximum absolute atomic E-state index is 13.1. The molecule has 0 saturated carbocycles. The van der Waals surface area contributed by atoms with Gasteiger partial charge in [-0.05, 0) is 49.7 Å². The maximum atomic E-state index is 13.1. The van der Waals surface area contributed by atoms with Gasteiger partial charge in [-0.1, -0.05) is 28.1 Å². The van der Waals surface area contributed by atoms with Crippen LogP contribution in [0.2, 0.25) is 0 Å². The van der Waals surface area contributed by atoms with E-state index < -0.39 is 0 Å². The summed E-state index contributed by atoms with van der Waals surface area (Å²) < 4.78 is 0.930. The number of amides is 1. The lowest BCUT2D eigenvalue weighted by Gasteiger charge is -2.22. The van der Waals surface area contributed by atoms with Crippen molar-refractivity contribution in [2.75, 3.05) is 4.90 Å². The van der Waals surface area contributed by atoms with E-state index in [0.717, 1.165) is 15.7 Å². The van der Waals surface area contributed by atoms with Gasteiger partial charge in [-0.25, -0.2) is 4.98 Å². The van der Waals surface area contributed by atoms with Gasteiger partial charge in [0.2, 0.25) is 5.91 Å². The van der Waals surface area contributed by atoms with E-state index >= 15 is 0 Å². The van der Waals surface area contributed by atoms with Gasteiger partial charge in [-0.2, -0.15) is 0 Å². The number of H-pyrrole nitrogens is 1. The quantitative estimate of drug-likeness (QED) is 0.713. The Bertz CT molecular complexity index is 1070. The molecule has 3 aromatic rings. The van der Waals surface area contributed by atoms with Crippen LogP contribution >= 0.6 is 15.9 Å². The molecule has 26 heavy (non-hydrogen) atoms. The summed E-state index contributed by atoms with van der Waals surface area (Å²) in [6, 6.07) is 13.2. The summed E-state index contributed by atoms with van der Waals surface area (Å²) in [7, 11) is 0. The zero-order valence-corrected chi connectivity index (χ0v) is 16.1. The van der Waals surface area contributed by atoms with Gasteiger partial charge >= 0.3 is 0 Å². The highest BCUT2D eigenvalue weighted by atomic mass is 79.9. The van der Waals surface area contributed by atoms with Crippen molar-refractivity contribution in [2.24, 2.45) is 0 Å². The fraction of sp³-hybridized carbons (Fsp3) is 0.250. The number of anilines is 1. The van der Waals surface area contributed by atoms with Gasteiger partial charge < -0.3 is 9.88 Å². The summed E-state index contributed by atoms with van der Waals surface area (Å²) in [5, 5.41) is 0.556. The van der Waals surface area contributed by atoms with Crippen molar-refractivity contribution in [3.63, 3.8) is 0 Å². The molecule has 0 unspecified atom stereocenters. The Balaban J connectivity index is 1.78. The Labute approximate surface area is 159 Å². The number of aromatic amines is 1. The van der Waals surface area contributed by atoms with Gasteiger partial charge in [0.15, 0.2) is 0 Å². The van der Waals surface area contributed by atoms with Crippen molar-refractivity contribution in [1.29, 1.82) is 0 Å². The normalized spacial score (nSPS) is 16.5. The number of nitrogens with one attached hydrogen (secondary N) is 1. The highest BCUT2D eigenvalue weighted by Gasteiger charge is 2.39. The Kier molecular flexibility index (Phi) is 4.15. The molecule has 4 rings (SSSR count). The number of para-hydroxylation sites is 1. The van der Waals surface area contributed by atoms with Crippen molar-refractivity contribution >= 4 is 38.4 Å². The summed E-state index contributed by atoms with van der Waals surface area (Å²) in [6.45, 7) is 4.00. The average molecular weight is 412 g/mol. The predicted molar refractivity (Wildman–Crippen MR) is 106 cm³/mol. The van der Waals surface area contributed by atoms with Gasteiger partial charge in [0.05, 0.1) is 16.8 Å². The van der Waals surface area contributed by atoms with Crippen molar-refractivity contribution < 1.29 is 4.79 Å². The van der Waals surface area contributed by atoms with Crippen molar-refractivity contribution in [3.8, 4) is 0 Å².